The van der Waals surface area contributed by atoms with Gasteiger partial charge in [-0.1, -0.05) is 0 Å². The first-order valence-corrected chi connectivity index (χ1v) is 5.52. The van der Waals surface area contributed by atoms with E-state index in [1.165, 1.54) is 0 Å². The minimum absolute atomic E-state index is 0.512. The maximum absolute atomic E-state index is 9.97. The Morgan fingerprint density at radius 3 is 2.24 bits per heavy atom. The zero-order chi connectivity index (χ0) is 13.2. The van der Waals surface area contributed by atoms with Crippen molar-refractivity contribution in [3.05, 3.63) is 23.3 Å². The Bertz CT molecular complexity index is 396. The summed E-state index contributed by atoms with van der Waals surface area (Å²) in [4.78, 5) is 0. The van der Waals surface area contributed by atoms with Crippen molar-refractivity contribution in [2.24, 2.45) is 5.73 Å². The fourth-order valence-electron chi connectivity index (χ4n) is 1.81. The molecule has 1 rings (SSSR count). The van der Waals surface area contributed by atoms with Crippen LogP contribution in [0.1, 0.15) is 31.0 Å². The smallest absolute Gasteiger partial charge is 0.130 e. The quantitative estimate of drug-likeness (QED) is 0.840. The first kappa shape index (κ1) is 13.8. The second-order valence-corrected chi connectivity index (χ2v) is 4.65. The van der Waals surface area contributed by atoms with E-state index in [4.69, 9.17) is 15.2 Å². The van der Waals surface area contributed by atoms with E-state index in [2.05, 4.69) is 0 Å². The molecule has 0 bridgehead atoms. The van der Waals surface area contributed by atoms with Crippen LogP contribution >= 0.6 is 0 Å². The molecule has 0 heterocycles. The summed E-state index contributed by atoms with van der Waals surface area (Å²) in [6, 6.07) is 3.15. The van der Waals surface area contributed by atoms with Crippen molar-refractivity contribution in [3.63, 3.8) is 0 Å². The molecule has 0 spiro atoms. The van der Waals surface area contributed by atoms with Gasteiger partial charge in [-0.05, 0) is 32.9 Å². The molecule has 1 atom stereocenters. The lowest BCUT2D eigenvalue weighted by Crippen LogP contribution is -2.35. The molecule has 0 radical (unpaired) electrons. The average molecular weight is 239 g/mol. The van der Waals surface area contributed by atoms with Gasteiger partial charge in [0, 0.05) is 11.1 Å². The van der Waals surface area contributed by atoms with Gasteiger partial charge in [-0.2, -0.15) is 0 Å². The molecule has 0 aliphatic rings. The van der Waals surface area contributed by atoms with Crippen LogP contribution in [0.4, 0.5) is 0 Å². The maximum atomic E-state index is 9.97. The summed E-state index contributed by atoms with van der Waals surface area (Å²) in [6.45, 7) is 5.26. The summed E-state index contributed by atoms with van der Waals surface area (Å²) >= 11 is 0. The molecule has 1 aromatic carbocycles. The van der Waals surface area contributed by atoms with Crippen LogP contribution in [0.5, 0.6) is 11.5 Å². The van der Waals surface area contributed by atoms with Gasteiger partial charge in [-0.15, -0.1) is 0 Å². The van der Waals surface area contributed by atoms with Crippen molar-refractivity contribution < 1.29 is 14.6 Å². The minimum Gasteiger partial charge on any atom is -0.496 e. The van der Waals surface area contributed by atoms with Gasteiger partial charge >= 0.3 is 0 Å². The van der Waals surface area contributed by atoms with E-state index >= 15 is 0 Å². The number of aliphatic hydroxyl groups is 1. The first-order valence-electron chi connectivity index (χ1n) is 5.52. The number of ether oxygens (including phenoxy) is 2. The summed E-state index contributed by atoms with van der Waals surface area (Å²) in [7, 11) is 3.19. The van der Waals surface area contributed by atoms with Crippen LogP contribution < -0.4 is 15.2 Å². The molecule has 0 aliphatic carbocycles. The number of hydrogen-bond acceptors (Lipinski definition) is 4. The van der Waals surface area contributed by atoms with Gasteiger partial charge in [0.05, 0.1) is 25.9 Å². The number of nitrogens with two attached hydrogens (primary N) is 1. The van der Waals surface area contributed by atoms with Crippen molar-refractivity contribution in [1.82, 2.24) is 0 Å². The fourth-order valence-corrected chi connectivity index (χ4v) is 1.81. The zero-order valence-electron chi connectivity index (χ0n) is 11.1. The van der Waals surface area contributed by atoms with Crippen LogP contribution in [-0.2, 0) is 0 Å². The largest absolute Gasteiger partial charge is 0.496 e. The Hall–Kier alpha value is -1.26. The van der Waals surface area contributed by atoms with Gasteiger partial charge in [0.25, 0.3) is 0 Å². The Morgan fingerprint density at radius 1 is 1.24 bits per heavy atom. The van der Waals surface area contributed by atoms with E-state index in [9.17, 15) is 5.11 Å². The lowest BCUT2D eigenvalue weighted by atomic mass is 9.91. The summed E-state index contributed by atoms with van der Waals surface area (Å²) in [5.41, 5.74) is 6.69. The van der Waals surface area contributed by atoms with Crippen molar-refractivity contribution in [2.45, 2.75) is 32.4 Å². The third-order valence-electron chi connectivity index (χ3n) is 2.91. The van der Waals surface area contributed by atoms with Crippen LogP contribution in [0.3, 0.4) is 0 Å². The lowest BCUT2D eigenvalue weighted by molar-refractivity contribution is 0.0508. The van der Waals surface area contributed by atoms with Crippen molar-refractivity contribution in [3.8, 4) is 11.5 Å². The predicted octanol–water partition coefficient (Wildman–Crippen LogP) is 1.78. The number of rotatable bonds is 4. The predicted molar refractivity (Wildman–Crippen MR) is 67.5 cm³/mol. The molecule has 0 fully saturated rings. The van der Waals surface area contributed by atoms with Crippen LogP contribution in [0.15, 0.2) is 12.1 Å². The third kappa shape index (κ3) is 2.70. The molecule has 1 aromatic rings. The Kier molecular flexibility index (Phi) is 4.01. The van der Waals surface area contributed by atoms with E-state index in [1.54, 1.807) is 28.1 Å². The summed E-state index contributed by atoms with van der Waals surface area (Å²) in [5, 5.41) is 9.97. The monoisotopic (exact) mass is 239 g/mol. The van der Waals surface area contributed by atoms with Crippen molar-refractivity contribution in [1.29, 1.82) is 0 Å². The second kappa shape index (κ2) is 4.94. The topological polar surface area (TPSA) is 64.7 Å². The summed E-state index contributed by atoms with van der Waals surface area (Å²) in [6.07, 6.45) is 0. The highest BCUT2D eigenvalue weighted by atomic mass is 16.5. The number of hydrogen-bond donors (Lipinski definition) is 2. The van der Waals surface area contributed by atoms with Crippen LogP contribution in [0.25, 0.3) is 0 Å². The number of benzene rings is 1. The molecule has 96 valence electrons. The zero-order valence-corrected chi connectivity index (χ0v) is 11.1. The maximum Gasteiger partial charge on any atom is 0.130 e. The highest BCUT2D eigenvalue weighted by Gasteiger charge is 2.28. The molecule has 0 saturated heterocycles. The Labute approximate surface area is 102 Å². The van der Waals surface area contributed by atoms with Gasteiger partial charge in [-0.3, -0.25) is 0 Å². The standard InChI is InChI=1S/C13H21NO3/c1-8-10(16-4)7-6-9(11(8)17-5)12(14)13(2,3)15/h6-7,12,15H,14H2,1-5H3. The lowest BCUT2D eigenvalue weighted by Gasteiger charge is -2.28. The van der Waals surface area contributed by atoms with Gasteiger partial charge in [-0.25, -0.2) is 0 Å². The molecule has 17 heavy (non-hydrogen) atoms. The molecular weight excluding hydrogens is 218 g/mol. The molecule has 3 N–H and O–H groups in total. The highest BCUT2D eigenvalue weighted by molar-refractivity contribution is 5.51. The van der Waals surface area contributed by atoms with Crippen LogP contribution in [0, 0.1) is 6.92 Å². The van der Waals surface area contributed by atoms with E-state index in [0.717, 1.165) is 16.9 Å². The number of methoxy groups -OCH3 is 2. The minimum atomic E-state index is -1.01. The molecule has 4 nitrogen and oxygen atoms in total. The molecule has 0 aromatic heterocycles. The van der Waals surface area contributed by atoms with E-state index in [1.807, 2.05) is 19.1 Å². The second-order valence-electron chi connectivity index (χ2n) is 4.65. The van der Waals surface area contributed by atoms with Crippen LogP contribution in [-0.4, -0.2) is 24.9 Å². The van der Waals surface area contributed by atoms with Gasteiger partial charge < -0.3 is 20.3 Å². The molecule has 4 heteroatoms. The molecular formula is C13H21NO3. The molecule has 0 saturated carbocycles. The van der Waals surface area contributed by atoms with Crippen molar-refractivity contribution in [2.75, 3.05) is 14.2 Å². The van der Waals surface area contributed by atoms with Crippen LogP contribution in [0.2, 0.25) is 0 Å². The van der Waals surface area contributed by atoms with Crippen molar-refractivity contribution >= 4 is 0 Å². The summed E-state index contributed by atoms with van der Waals surface area (Å²) in [5.74, 6) is 1.41. The normalized spacial score (nSPS) is 13.4. The Morgan fingerprint density at radius 2 is 1.82 bits per heavy atom. The highest BCUT2D eigenvalue weighted by Crippen LogP contribution is 2.37. The van der Waals surface area contributed by atoms with E-state index in [-0.39, 0.29) is 0 Å². The Balaban J connectivity index is 3.31. The third-order valence-corrected chi connectivity index (χ3v) is 2.91. The first-order chi connectivity index (χ1) is 7.82. The fraction of sp³-hybridized carbons (Fsp3) is 0.538. The molecule has 0 amide bonds. The average Bonchev–Trinajstić information content (AvgIpc) is 2.26. The van der Waals surface area contributed by atoms with Gasteiger partial charge in [0.15, 0.2) is 0 Å². The SMILES string of the molecule is COc1ccc(C(N)C(C)(C)O)c(OC)c1C. The molecule has 1 unspecified atom stereocenters. The van der Waals surface area contributed by atoms with E-state index in [0.29, 0.717) is 5.75 Å². The molecule has 0 aliphatic heterocycles. The van der Waals surface area contributed by atoms with Gasteiger partial charge in [0.2, 0.25) is 0 Å². The van der Waals surface area contributed by atoms with E-state index < -0.39 is 11.6 Å². The van der Waals surface area contributed by atoms with Gasteiger partial charge in [0.1, 0.15) is 11.5 Å². The summed E-state index contributed by atoms with van der Waals surface area (Å²) < 4.78 is 10.6.